The normalized spacial score (nSPS) is 19.4. The Morgan fingerprint density at radius 1 is 1.31 bits per heavy atom. The van der Waals surface area contributed by atoms with Crippen LogP contribution in [0, 0.1) is 0 Å². The van der Waals surface area contributed by atoms with Crippen LogP contribution in [0.2, 0.25) is 0 Å². The van der Waals surface area contributed by atoms with Crippen molar-refractivity contribution in [2.24, 2.45) is 5.11 Å². The molecular weight excluding hydrogens is 229 g/mol. The SMILES string of the molecule is CCOP(=O)(OCC)C1(N=[N+]=[N-])CCCC1. The first-order valence-electron chi connectivity index (χ1n) is 5.59. The van der Waals surface area contributed by atoms with Gasteiger partial charge in [-0.1, -0.05) is 18.0 Å². The Morgan fingerprint density at radius 2 is 1.81 bits per heavy atom. The van der Waals surface area contributed by atoms with Crippen molar-refractivity contribution in [2.75, 3.05) is 13.2 Å². The summed E-state index contributed by atoms with van der Waals surface area (Å²) in [6.45, 7) is 4.09. The second-order valence-corrected chi connectivity index (χ2v) is 6.06. The van der Waals surface area contributed by atoms with E-state index in [1.807, 2.05) is 0 Å². The Hall–Kier alpha value is -0.540. The molecule has 92 valence electrons. The number of nitrogens with zero attached hydrogens (tertiary/aromatic N) is 3. The Kier molecular flexibility index (Phi) is 4.81. The third-order valence-electron chi connectivity index (χ3n) is 2.74. The fraction of sp³-hybridized carbons (Fsp3) is 1.00. The van der Waals surface area contributed by atoms with E-state index >= 15 is 0 Å². The van der Waals surface area contributed by atoms with Crippen LogP contribution in [0.1, 0.15) is 39.5 Å². The summed E-state index contributed by atoms with van der Waals surface area (Å²) in [7, 11) is -3.33. The van der Waals surface area contributed by atoms with Crippen molar-refractivity contribution in [3.8, 4) is 0 Å². The van der Waals surface area contributed by atoms with Crippen molar-refractivity contribution in [2.45, 2.75) is 44.8 Å². The summed E-state index contributed by atoms with van der Waals surface area (Å²) in [6, 6.07) is 0. The van der Waals surface area contributed by atoms with Crippen LogP contribution in [0.3, 0.4) is 0 Å². The highest BCUT2D eigenvalue weighted by Gasteiger charge is 2.52. The highest BCUT2D eigenvalue weighted by molar-refractivity contribution is 7.55. The van der Waals surface area contributed by atoms with Gasteiger partial charge in [-0.2, -0.15) is 0 Å². The van der Waals surface area contributed by atoms with E-state index < -0.39 is 12.9 Å². The van der Waals surface area contributed by atoms with Gasteiger partial charge in [-0.15, -0.1) is 0 Å². The standard InChI is InChI=1S/C9H18N3O3P/c1-3-14-16(13,15-4-2)9(11-12-10)7-5-6-8-9/h3-8H2,1-2H3. The van der Waals surface area contributed by atoms with Crippen molar-refractivity contribution in [3.05, 3.63) is 10.4 Å². The van der Waals surface area contributed by atoms with E-state index in [1.165, 1.54) is 0 Å². The van der Waals surface area contributed by atoms with Crippen LogP contribution < -0.4 is 0 Å². The number of hydrogen-bond donors (Lipinski definition) is 0. The molecule has 1 aliphatic carbocycles. The summed E-state index contributed by atoms with van der Waals surface area (Å²) in [6.07, 6.45) is 2.94. The molecule has 1 rings (SSSR count). The lowest BCUT2D eigenvalue weighted by Crippen LogP contribution is -2.24. The fourth-order valence-electron chi connectivity index (χ4n) is 2.07. The smallest absolute Gasteiger partial charge is 0.308 e. The third-order valence-corrected chi connectivity index (χ3v) is 5.50. The van der Waals surface area contributed by atoms with Gasteiger partial charge in [-0.25, -0.2) is 0 Å². The molecule has 16 heavy (non-hydrogen) atoms. The quantitative estimate of drug-likeness (QED) is 0.309. The van der Waals surface area contributed by atoms with Gasteiger partial charge >= 0.3 is 7.60 Å². The van der Waals surface area contributed by atoms with Gasteiger partial charge in [0.2, 0.25) is 0 Å². The van der Waals surface area contributed by atoms with Gasteiger partial charge in [0.15, 0.2) is 5.28 Å². The van der Waals surface area contributed by atoms with Gasteiger partial charge in [0, 0.05) is 4.91 Å². The van der Waals surface area contributed by atoms with E-state index in [2.05, 4.69) is 10.0 Å². The zero-order chi connectivity index (χ0) is 12.1. The number of azide groups is 1. The minimum Gasteiger partial charge on any atom is -0.308 e. The molecule has 0 aromatic carbocycles. The van der Waals surface area contributed by atoms with Crippen LogP contribution in [0.25, 0.3) is 10.4 Å². The minimum atomic E-state index is -3.33. The van der Waals surface area contributed by atoms with Crippen molar-refractivity contribution in [1.82, 2.24) is 0 Å². The van der Waals surface area contributed by atoms with Gasteiger partial charge in [-0.05, 0) is 32.2 Å². The second-order valence-electron chi connectivity index (χ2n) is 3.71. The van der Waals surface area contributed by atoms with E-state index in [9.17, 15) is 4.57 Å². The van der Waals surface area contributed by atoms with E-state index in [1.54, 1.807) is 13.8 Å². The minimum absolute atomic E-state index is 0.292. The molecule has 0 bridgehead atoms. The molecule has 1 aliphatic rings. The summed E-state index contributed by atoms with van der Waals surface area (Å²) in [4.78, 5) is 2.81. The maximum atomic E-state index is 12.6. The molecule has 0 radical (unpaired) electrons. The zero-order valence-electron chi connectivity index (χ0n) is 9.76. The molecule has 0 N–H and O–H groups in total. The molecule has 0 aromatic heterocycles. The lowest BCUT2D eigenvalue weighted by atomic mass is 10.3. The van der Waals surface area contributed by atoms with E-state index in [0.29, 0.717) is 26.1 Å². The molecule has 0 saturated heterocycles. The summed E-state index contributed by atoms with van der Waals surface area (Å²) >= 11 is 0. The van der Waals surface area contributed by atoms with Gasteiger partial charge < -0.3 is 9.05 Å². The first-order chi connectivity index (χ1) is 7.64. The zero-order valence-corrected chi connectivity index (χ0v) is 10.7. The third kappa shape index (κ3) is 2.41. The molecule has 0 heterocycles. The van der Waals surface area contributed by atoms with Crippen LogP contribution in [-0.2, 0) is 13.6 Å². The van der Waals surface area contributed by atoms with Crippen LogP contribution >= 0.6 is 7.60 Å². The highest BCUT2D eigenvalue weighted by Crippen LogP contribution is 2.66. The molecule has 1 saturated carbocycles. The molecule has 7 heteroatoms. The fourth-order valence-corrected chi connectivity index (χ4v) is 4.32. The molecule has 0 atom stereocenters. The summed E-state index contributed by atoms with van der Waals surface area (Å²) in [5.74, 6) is 0. The Bertz CT molecular complexity index is 312. The Labute approximate surface area is 95.5 Å². The molecule has 0 aromatic rings. The summed E-state index contributed by atoms with van der Waals surface area (Å²) in [5, 5.41) is 2.75. The summed E-state index contributed by atoms with van der Waals surface area (Å²) in [5.41, 5.74) is 8.62. The Balaban J connectivity index is 3.05. The first-order valence-corrected chi connectivity index (χ1v) is 7.14. The molecule has 1 fully saturated rings. The van der Waals surface area contributed by atoms with Crippen molar-refractivity contribution >= 4 is 7.60 Å². The molecule has 0 spiro atoms. The Morgan fingerprint density at radius 3 is 2.19 bits per heavy atom. The largest absolute Gasteiger partial charge is 0.342 e. The lowest BCUT2D eigenvalue weighted by Gasteiger charge is -2.31. The van der Waals surface area contributed by atoms with Crippen LogP contribution in [0.4, 0.5) is 0 Å². The average Bonchev–Trinajstić information content (AvgIpc) is 2.69. The second kappa shape index (κ2) is 5.69. The topological polar surface area (TPSA) is 84.3 Å². The van der Waals surface area contributed by atoms with E-state index in [4.69, 9.17) is 14.6 Å². The lowest BCUT2D eigenvalue weighted by molar-refractivity contribution is 0.196. The number of hydrogen-bond acceptors (Lipinski definition) is 4. The van der Waals surface area contributed by atoms with E-state index in [0.717, 1.165) is 12.8 Å². The average molecular weight is 247 g/mol. The van der Waals surface area contributed by atoms with Crippen LogP contribution in [-0.4, -0.2) is 18.5 Å². The predicted molar refractivity (Wildman–Crippen MR) is 61.2 cm³/mol. The van der Waals surface area contributed by atoms with Gasteiger partial charge in [0.1, 0.15) is 0 Å². The summed E-state index contributed by atoms with van der Waals surface area (Å²) < 4.78 is 23.2. The molecule has 0 aliphatic heterocycles. The predicted octanol–water partition coefficient (Wildman–Crippen LogP) is 3.83. The number of rotatable bonds is 6. The monoisotopic (exact) mass is 247 g/mol. The maximum absolute atomic E-state index is 12.6. The van der Waals surface area contributed by atoms with Crippen LogP contribution in [0.5, 0.6) is 0 Å². The molecule has 6 nitrogen and oxygen atoms in total. The van der Waals surface area contributed by atoms with Crippen molar-refractivity contribution < 1.29 is 13.6 Å². The van der Waals surface area contributed by atoms with Gasteiger partial charge in [0.05, 0.1) is 13.2 Å². The highest BCUT2D eigenvalue weighted by atomic mass is 31.2. The van der Waals surface area contributed by atoms with Crippen molar-refractivity contribution in [3.63, 3.8) is 0 Å². The first kappa shape index (κ1) is 13.5. The van der Waals surface area contributed by atoms with Crippen LogP contribution in [0.15, 0.2) is 5.11 Å². The molecule has 0 amide bonds. The molecular formula is C9H18N3O3P. The van der Waals surface area contributed by atoms with Gasteiger partial charge in [0.25, 0.3) is 0 Å². The molecule has 0 unspecified atom stereocenters. The maximum Gasteiger partial charge on any atom is 0.342 e. The van der Waals surface area contributed by atoms with Crippen molar-refractivity contribution in [1.29, 1.82) is 0 Å². The van der Waals surface area contributed by atoms with E-state index in [-0.39, 0.29) is 0 Å². The van der Waals surface area contributed by atoms with Gasteiger partial charge in [-0.3, -0.25) is 4.57 Å².